The minimum absolute atomic E-state index is 0.183. The van der Waals surface area contributed by atoms with Gasteiger partial charge in [0.1, 0.15) is 22.9 Å². The summed E-state index contributed by atoms with van der Waals surface area (Å²) in [5, 5.41) is 10.6. The van der Waals surface area contributed by atoms with Crippen molar-refractivity contribution in [2.24, 2.45) is 0 Å². The Balaban J connectivity index is 1.60. The Kier molecular flexibility index (Phi) is 3.85. The summed E-state index contributed by atoms with van der Waals surface area (Å²) in [7, 11) is 0. The topological polar surface area (TPSA) is 81.2 Å². The first kappa shape index (κ1) is 15.6. The highest BCUT2D eigenvalue weighted by atomic mass is 32.1. The lowest BCUT2D eigenvalue weighted by Crippen LogP contribution is -2.22. The van der Waals surface area contributed by atoms with E-state index in [0.717, 1.165) is 27.6 Å². The molecule has 0 fully saturated rings. The standard InChI is InChI=1S/C18H15N3O3S/c1-10-3-5-13(23-10)8-19-18(22)12-4-6-16-14(7-12)17(21-24-16)15-9-25-11(2)20-15/h3-7,9H,8H2,1-2H3,(H,19,22). The molecule has 1 aromatic carbocycles. The van der Waals surface area contributed by atoms with Crippen molar-refractivity contribution < 1.29 is 13.7 Å². The molecule has 1 N–H and O–H groups in total. The molecule has 0 radical (unpaired) electrons. The summed E-state index contributed by atoms with van der Waals surface area (Å²) in [5.74, 6) is 1.35. The van der Waals surface area contributed by atoms with Crippen LogP contribution in [0.15, 0.2) is 44.7 Å². The molecule has 0 bridgehead atoms. The number of benzene rings is 1. The summed E-state index contributed by atoms with van der Waals surface area (Å²) in [6.45, 7) is 4.14. The molecule has 0 aliphatic rings. The van der Waals surface area contributed by atoms with Crippen molar-refractivity contribution >= 4 is 28.2 Å². The third kappa shape index (κ3) is 3.06. The van der Waals surface area contributed by atoms with E-state index in [-0.39, 0.29) is 5.91 Å². The number of rotatable bonds is 4. The molecule has 4 rings (SSSR count). The molecule has 3 heterocycles. The van der Waals surface area contributed by atoms with E-state index in [4.69, 9.17) is 8.94 Å². The van der Waals surface area contributed by atoms with Crippen LogP contribution in [0, 0.1) is 13.8 Å². The molecule has 0 saturated heterocycles. The van der Waals surface area contributed by atoms with Crippen molar-refractivity contribution in [3.05, 3.63) is 57.8 Å². The second-order valence-corrected chi connectivity index (χ2v) is 6.75. The normalized spacial score (nSPS) is 11.1. The Bertz CT molecular complexity index is 1060. The van der Waals surface area contributed by atoms with Gasteiger partial charge in [-0.3, -0.25) is 4.79 Å². The van der Waals surface area contributed by atoms with E-state index in [1.807, 2.05) is 31.4 Å². The molecule has 25 heavy (non-hydrogen) atoms. The number of aromatic nitrogens is 2. The summed E-state index contributed by atoms with van der Waals surface area (Å²) in [4.78, 5) is 16.9. The monoisotopic (exact) mass is 353 g/mol. The Hall–Kier alpha value is -2.93. The first-order chi connectivity index (χ1) is 12.1. The number of hydrogen-bond donors (Lipinski definition) is 1. The van der Waals surface area contributed by atoms with Crippen LogP contribution in [0.2, 0.25) is 0 Å². The number of aryl methyl sites for hydroxylation is 2. The zero-order valence-corrected chi connectivity index (χ0v) is 14.5. The molecular weight excluding hydrogens is 338 g/mol. The summed E-state index contributed by atoms with van der Waals surface area (Å²) in [6, 6.07) is 8.95. The predicted octanol–water partition coefficient (Wildman–Crippen LogP) is 4.09. The Morgan fingerprint density at radius 1 is 1.24 bits per heavy atom. The van der Waals surface area contributed by atoms with Crippen molar-refractivity contribution in [2.75, 3.05) is 0 Å². The highest BCUT2D eigenvalue weighted by Gasteiger charge is 2.15. The van der Waals surface area contributed by atoms with Gasteiger partial charge in [0.2, 0.25) is 0 Å². The van der Waals surface area contributed by atoms with Crippen LogP contribution in [0.5, 0.6) is 0 Å². The number of carbonyl (C=O) groups is 1. The van der Waals surface area contributed by atoms with Gasteiger partial charge >= 0.3 is 0 Å². The average Bonchev–Trinajstić information content (AvgIpc) is 3.31. The smallest absolute Gasteiger partial charge is 0.251 e. The summed E-state index contributed by atoms with van der Waals surface area (Å²) in [6.07, 6.45) is 0. The molecule has 3 aromatic heterocycles. The summed E-state index contributed by atoms with van der Waals surface area (Å²) >= 11 is 1.55. The third-order valence-electron chi connectivity index (χ3n) is 3.81. The van der Waals surface area contributed by atoms with Crippen molar-refractivity contribution in [3.8, 4) is 11.4 Å². The maximum atomic E-state index is 12.4. The lowest BCUT2D eigenvalue weighted by Gasteiger charge is -2.03. The SMILES string of the molecule is Cc1ccc(CNC(=O)c2ccc3onc(-c4csc(C)n4)c3c2)o1. The molecule has 0 saturated carbocycles. The van der Waals surface area contributed by atoms with E-state index in [0.29, 0.717) is 23.4 Å². The lowest BCUT2D eigenvalue weighted by molar-refractivity contribution is 0.0948. The number of amides is 1. The minimum Gasteiger partial charge on any atom is -0.465 e. The third-order valence-corrected chi connectivity index (χ3v) is 4.59. The number of nitrogens with zero attached hydrogens (tertiary/aromatic N) is 2. The number of nitrogens with one attached hydrogen (secondary N) is 1. The van der Waals surface area contributed by atoms with Gasteiger partial charge in [-0.15, -0.1) is 11.3 Å². The fourth-order valence-corrected chi connectivity index (χ4v) is 3.18. The van der Waals surface area contributed by atoms with Gasteiger partial charge in [-0.25, -0.2) is 4.98 Å². The number of hydrogen-bond acceptors (Lipinski definition) is 6. The highest BCUT2D eigenvalue weighted by molar-refractivity contribution is 7.09. The number of furan rings is 1. The van der Waals surface area contributed by atoms with Crippen LogP contribution in [0.3, 0.4) is 0 Å². The Morgan fingerprint density at radius 2 is 2.12 bits per heavy atom. The van der Waals surface area contributed by atoms with Gasteiger partial charge in [0, 0.05) is 10.9 Å². The fraction of sp³-hybridized carbons (Fsp3) is 0.167. The van der Waals surface area contributed by atoms with E-state index >= 15 is 0 Å². The molecule has 6 nitrogen and oxygen atoms in total. The molecule has 0 aliphatic carbocycles. The molecule has 0 spiro atoms. The quantitative estimate of drug-likeness (QED) is 0.597. The van der Waals surface area contributed by atoms with Crippen molar-refractivity contribution in [1.29, 1.82) is 0 Å². The van der Waals surface area contributed by atoms with Crippen molar-refractivity contribution in [3.63, 3.8) is 0 Å². The number of fused-ring (bicyclic) bond motifs is 1. The summed E-state index contributed by atoms with van der Waals surface area (Å²) in [5.41, 5.74) is 2.56. The first-order valence-electron chi connectivity index (χ1n) is 7.75. The second kappa shape index (κ2) is 6.18. The Labute approximate surface area is 147 Å². The van der Waals surface area contributed by atoms with Crippen LogP contribution in [0.1, 0.15) is 26.9 Å². The summed E-state index contributed by atoms with van der Waals surface area (Å²) < 4.78 is 10.8. The predicted molar refractivity (Wildman–Crippen MR) is 94.5 cm³/mol. The fourth-order valence-electron chi connectivity index (χ4n) is 2.59. The van der Waals surface area contributed by atoms with Crippen LogP contribution >= 0.6 is 11.3 Å². The molecule has 0 atom stereocenters. The van der Waals surface area contributed by atoms with E-state index in [1.165, 1.54) is 0 Å². The van der Waals surface area contributed by atoms with Gasteiger partial charge in [0.15, 0.2) is 5.58 Å². The first-order valence-corrected chi connectivity index (χ1v) is 8.63. The van der Waals surface area contributed by atoms with Gasteiger partial charge in [-0.2, -0.15) is 0 Å². The zero-order chi connectivity index (χ0) is 17.4. The van der Waals surface area contributed by atoms with Gasteiger partial charge in [0.25, 0.3) is 5.91 Å². The van der Waals surface area contributed by atoms with Crippen LogP contribution < -0.4 is 5.32 Å². The molecule has 7 heteroatoms. The molecule has 0 unspecified atom stereocenters. The van der Waals surface area contributed by atoms with Crippen LogP contribution in [-0.2, 0) is 6.54 Å². The number of carbonyl (C=O) groups excluding carboxylic acids is 1. The minimum atomic E-state index is -0.183. The van der Waals surface area contributed by atoms with Crippen molar-refractivity contribution in [1.82, 2.24) is 15.5 Å². The lowest BCUT2D eigenvalue weighted by atomic mass is 10.1. The van der Waals surface area contributed by atoms with E-state index in [9.17, 15) is 4.79 Å². The van der Waals surface area contributed by atoms with E-state index in [1.54, 1.807) is 29.5 Å². The van der Waals surface area contributed by atoms with Crippen LogP contribution in [0.4, 0.5) is 0 Å². The zero-order valence-electron chi connectivity index (χ0n) is 13.7. The maximum Gasteiger partial charge on any atom is 0.251 e. The van der Waals surface area contributed by atoms with Crippen LogP contribution in [-0.4, -0.2) is 16.0 Å². The van der Waals surface area contributed by atoms with Gasteiger partial charge in [-0.1, -0.05) is 5.16 Å². The van der Waals surface area contributed by atoms with E-state index in [2.05, 4.69) is 15.5 Å². The molecule has 1 amide bonds. The maximum absolute atomic E-state index is 12.4. The highest BCUT2D eigenvalue weighted by Crippen LogP contribution is 2.29. The molecule has 0 aliphatic heterocycles. The van der Waals surface area contributed by atoms with Gasteiger partial charge in [0.05, 0.1) is 16.9 Å². The largest absolute Gasteiger partial charge is 0.465 e. The molecule has 126 valence electrons. The number of thiazole rings is 1. The second-order valence-electron chi connectivity index (χ2n) is 5.69. The van der Waals surface area contributed by atoms with Gasteiger partial charge in [-0.05, 0) is 44.2 Å². The Morgan fingerprint density at radius 3 is 2.84 bits per heavy atom. The molecular formula is C18H15N3O3S. The van der Waals surface area contributed by atoms with Gasteiger partial charge < -0.3 is 14.3 Å². The average molecular weight is 353 g/mol. The molecule has 4 aromatic rings. The van der Waals surface area contributed by atoms with Crippen LogP contribution in [0.25, 0.3) is 22.4 Å². The van der Waals surface area contributed by atoms with E-state index < -0.39 is 0 Å². The van der Waals surface area contributed by atoms with Crippen molar-refractivity contribution in [2.45, 2.75) is 20.4 Å².